The first-order valence-electron chi connectivity index (χ1n) is 6.94. The van der Waals surface area contributed by atoms with E-state index in [1.165, 1.54) is 0 Å². The summed E-state index contributed by atoms with van der Waals surface area (Å²) >= 11 is 0. The zero-order valence-corrected chi connectivity index (χ0v) is 12.3. The maximum atomic E-state index is 11.5. The number of aryl methyl sites for hydroxylation is 1. The van der Waals surface area contributed by atoms with Crippen molar-refractivity contribution in [1.82, 2.24) is 14.9 Å². The van der Waals surface area contributed by atoms with Gasteiger partial charge in [0, 0.05) is 24.9 Å². The smallest absolute Gasteiger partial charge is 0.323 e. The van der Waals surface area contributed by atoms with Gasteiger partial charge in [0.2, 0.25) is 0 Å². The second-order valence-electron chi connectivity index (χ2n) is 5.22. The minimum absolute atomic E-state index is 0.0999. The summed E-state index contributed by atoms with van der Waals surface area (Å²) in [6.45, 7) is 8.58. The fourth-order valence-electron chi connectivity index (χ4n) is 2.34. The minimum Gasteiger partial charge on any atom is -0.480 e. The number of aromatic nitrogens is 2. The summed E-state index contributed by atoms with van der Waals surface area (Å²) in [6, 6.07) is 0.0999. The molecule has 0 aromatic carbocycles. The van der Waals surface area contributed by atoms with Crippen molar-refractivity contribution < 1.29 is 9.90 Å². The zero-order valence-electron chi connectivity index (χ0n) is 12.3. The molecule has 0 aliphatic carbocycles. The van der Waals surface area contributed by atoms with Crippen LogP contribution >= 0.6 is 0 Å². The molecule has 0 fully saturated rings. The Morgan fingerprint density at radius 3 is 2.79 bits per heavy atom. The first-order valence-corrected chi connectivity index (χ1v) is 6.94. The van der Waals surface area contributed by atoms with E-state index in [-0.39, 0.29) is 6.04 Å². The molecule has 19 heavy (non-hydrogen) atoms. The fourth-order valence-corrected chi connectivity index (χ4v) is 2.34. The van der Waals surface area contributed by atoms with Crippen LogP contribution in [0.1, 0.15) is 52.4 Å². The normalized spacial score (nSPS) is 16.0. The molecule has 1 heterocycles. The number of hydrogen-bond acceptors (Lipinski definition) is 3. The van der Waals surface area contributed by atoms with Gasteiger partial charge in [0.1, 0.15) is 11.4 Å². The highest BCUT2D eigenvalue weighted by Crippen LogP contribution is 2.22. The van der Waals surface area contributed by atoms with E-state index >= 15 is 0 Å². The lowest BCUT2D eigenvalue weighted by Crippen LogP contribution is -2.51. The average molecular weight is 267 g/mol. The van der Waals surface area contributed by atoms with Gasteiger partial charge in [0.25, 0.3) is 0 Å². The largest absolute Gasteiger partial charge is 0.480 e. The first-order chi connectivity index (χ1) is 8.94. The van der Waals surface area contributed by atoms with Crippen LogP contribution in [0.25, 0.3) is 0 Å². The Hall–Kier alpha value is -1.36. The molecule has 5 nitrogen and oxygen atoms in total. The summed E-state index contributed by atoms with van der Waals surface area (Å²) in [4.78, 5) is 15.8. The van der Waals surface area contributed by atoms with Gasteiger partial charge in [-0.1, -0.05) is 13.8 Å². The topological polar surface area (TPSA) is 67.2 Å². The van der Waals surface area contributed by atoms with Crippen LogP contribution in [0.4, 0.5) is 0 Å². The molecule has 0 radical (unpaired) electrons. The molecular weight excluding hydrogens is 242 g/mol. The van der Waals surface area contributed by atoms with Crippen LogP contribution < -0.4 is 5.32 Å². The average Bonchev–Trinajstić information content (AvgIpc) is 2.84. The lowest BCUT2D eigenvalue weighted by molar-refractivity contribution is -0.144. The number of hydrogen-bond donors (Lipinski definition) is 2. The van der Waals surface area contributed by atoms with E-state index in [9.17, 15) is 9.90 Å². The number of rotatable bonds is 8. The fraction of sp³-hybridized carbons (Fsp3) is 0.714. The summed E-state index contributed by atoms with van der Waals surface area (Å²) in [6.07, 6.45) is 6.00. The summed E-state index contributed by atoms with van der Waals surface area (Å²) in [7, 11) is 0. The molecule has 0 spiro atoms. The number of imidazole rings is 1. The maximum Gasteiger partial charge on any atom is 0.323 e. The molecule has 0 amide bonds. The molecule has 0 aliphatic rings. The third kappa shape index (κ3) is 3.80. The molecular formula is C14H25N3O2. The van der Waals surface area contributed by atoms with Crippen LogP contribution in [0.15, 0.2) is 12.4 Å². The highest BCUT2D eigenvalue weighted by Gasteiger charge is 2.34. The Bertz CT molecular complexity index is 417. The Balaban J connectivity index is 2.82. The zero-order chi connectivity index (χ0) is 14.5. The van der Waals surface area contributed by atoms with Crippen molar-refractivity contribution in [2.75, 3.05) is 6.54 Å². The molecule has 1 aromatic rings. The predicted octanol–water partition coefficient (Wildman–Crippen LogP) is 2.24. The Kier molecular flexibility index (Phi) is 5.54. The van der Waals surface area contributed by atoms with Crippen molar-refractivity contribution in [1.29, 1.82) is 0 Å². The van der Waals surface area contributed by atoms with E-state index in [1.54, 1.807) is 13.1 Å². The number of nitrogens with zero attached hydrogens (tertiary/aromatic N) is 2. The molecule has 1 aromatic heterocycles. The quantitative estimate of drug-likeness (QED) is 0.758. The van der Waals surface area contributed by atoms with Gasteiger partial charge in [-0.05, 0) is 33.2 Å². The van der Waals surface area contributed by atoms with E-state index in [0.29, 0.717) is 13.0 Å². The molecule has 2 atom stereocenters. The first kappa shape index (κ1) is 15.7. The van der Waals surface area contributed by atoms with Gasteiger partial charge in [-0.3, -0.25) is 4.79 Å². The standard InChI is InChI=1S/C14H25N3O2/c1-5-7-16-14(4,13(18)19)10-11(3)17-9-8-15-12(17)6-2/h8-9,11,16H,5-7,10H2,1-4H3,(H,18,19). The number of nitrogens with one attached hydrogen (secondary N) is 1. The van der Waals surface area contributed by atoms with E-state index in [4.69, 9.17) is 0 Å². The summed E-state index contributed by atoms with van der Waals surface area (Å²) in [5.41, 5.74) is -0.898. The van der Waals surface area contributed by atoms with Crippen LogP contribution in [0.2, 0.25) is 0 Å². The van der Waals surface area contributed by atoms with E-state index in [0.717, 1.165) is 18.7 Å². The summed E-state index contributed by atoms with van der Waals surface area (Å²) < 4.78 is 2.06. The van der Waals surface area contributed by atoms with E-state index in [1.807, 2.05) is 20.0 Å². The van der Waals surface area contributed by atoms with Crippen molar-refractivity contribution in [3.05, 3.63) is 18.2 Å². The van der Waals surface area contributed by atoms with Gasteiger partial charge >= 0.3 is 5.97 Å². The molecule has 0 aliphatic heterocycles. The summed E-state index contributed by atoms with van der Waals surface area (Å²) in [5, 5.41) is 12.6. The number of carbonyl (C=O) groups is 1. The van der Waals surface area contributed by atoms with Gasteiger partial charge in [-0.2, -0.15) is 0 Å². The summed E-state index contributed by atoms with van der Waals surface area (Å²) in [5.74, 6) is 0.196. The molecule has 0 saturated heterocycles. The van der Waals surface area contributed by atoms with Crippen molar-refractivity contribution in [2.24, 2.45) is 0 Å². The second kappa shape index (κ2) is 6.70. The minimum atomic E-state index is -0.898. The molecule has 5 heteroatoms. The van der Waals surface area contributed by atoms with Gasteiger partial charge in [-0.25, -0.2) is 4.98 Å². The van der Waals surface area contributed by atoms with Crippen molar-refractivity contribution in [2.45, 2.75) is 58.5 Å². The van der Waals surface area contributed by atoms with Crippen molar-refractivity contribution in [3.8, 4) is 0 Å². The SMILES string of the molecule is CCCNC(C)(CC(C)n1ccnc1CC)C(=O)O. The molecule has 108 valence electrons. The van der Waals surface area contributed by atoms with Gasteiger partial charge < -0.3 is 15.0 Å². The Labute approximate surface area is 115 Å². The van der Waals surface area contributed by atoms with E-state index < -0.39 is 11.5 Å². The lowest BCUT2D eigenvalue weighted by Gasteiger charge is -2.30. The molecule has 2 unspecified atom stereocenters. The van der Waals surface area contributed by atoms with Crippen LogP contribution in [0.5, 0.6) is 0 Å². The predicted molar refractivity (Wildman–Crippen MR) is 75.3 cm³/mol. The molecule has 0 saturated carbocycles. The molecule has 0 bridgehead atoms. The van der Waals surface area contributed by atoms with Crippen LogP contribution in [-0.2, 0) is 11.2 Å². The van der Waals surface area contributed by atoms with Crippen LogP contribution in [0.3, 0.4) is 0 Å². The van der Waals surface area contributed by atoms with Crippen LogP contribution in [0, 0.1) is 0 Å². The third-order valence-corrected chi connectivity index (χ3v) is 3.48. The number of carboxylic acids is 1. The lowest BCUT2D eigenvalue weighted by atomic mass is 9.93. The van der Waals surface area contributed by atoms with Crippen molar-refractivity contribution in [3.63, 3.8) is 0 Å². The monoisotopic (exact) mass is 267 g/mol. The Morgan fingerprint density at radius 1 is 1.58 bits per heavy atom. The van der Waals surface area contributed by atoms with Gasteiger partial charge in [0.05, 0.1) is 0 Å². The van der Waals surface area contributed by atoms with Crippen molar-refractivity contribution >= 4 is 5.97 Å². The van der Waals surface area contributed by atoms with Gasteiger partial charge in [-0.15, -0.1) is 0 Å². The third-order valence-electron chi connectivity index (χ3n) is 3.48. The maximum absolute atomic E-state index is 11.5. The highest BCUT2D eigenvalue weighted by molar-refractivity contribution is 5.78. The Morgan fingerprint density at radius 2 is 2.26 bits per heavy atom. The second-order valence-corrected chi connectivity index (χ2v) is 5.22. The molecule has 2 N–H and O–H groups in total. The van der Waals surface area contributed by atoms with E-state index in [2.05, 4.69) is 21.8 Å². The van der Waals surface area contributed by atoms with Gasteiger partial charge in [0.15, 0.2) is 0 Å². The number of aliphatic carboxylic acids is 1. The highest BCUT2D eigenvalue weighted by atomic mass is 16.4. The molecule has 1 rings (SSSR count). The van der Waals surface area contributed by atoms with Crippen LogP contribution in [-0.4, -0.2) is 32.7 Å². The number of carboxylic acid groups (broad SMARTS) is 1.